The molecule has 4 aromatic rings. The van der Waals surface area contributed by atoms with E-state index < -0.39 is 17.1 Å². The number of carbonyl (C=O) groups is 3. The normalized spacial score (nSPS) is 12.8. The second kappa shape index (κ2) is 13.7. The molecule has 1 aliphatic rings. The van der Waals surface area contributed by atoms with Crippen molar-refractivity contribution in [3.8, 4) is 11.5 Å². The number of fused-ring (bicyclic) bond motifs is 1. The summed E-state index contributed by atoms with van der Waals surface area (Å²) in [4.78, 5) is 40.0. The van der Waals surface area contributed by atoms with E-state index in [0.29, 0.717) is 44.0 Å². The van der Waals surface area contributed by atoms with Crippen LogP contribution < -0.4 is 25.4 Å². The molecule has 1 atom stereocenters. The Morgan fingerprint density at radius 3 is 2.28 bits per heavy atom. The lowest BCUT2D eigenvalue weighted by Crippen LogP contribution is -2.30. The first-order valence-corrected chi connectivity index (χ1v) is 14.7. The van der Waals surface area contributed by atoms with Gasteiger partial charge in [0, 0.05) is 43.5 Å². The fourth-order valence-corrected chi connectivity index (χ4v) is 5.49. The van der Waals surface area contributed by atoms with E-state index in [4.69, 9.17) is 32.7 Å². The first kappa shape index (κ1) is 30.0. The van der Waals surface area contributed by atoms with Crippen molar-refractivity contribution in [1.29, 1.82) is 0 Å². The summed E-state index contributed by atoms with van der Waals surface area (Å²) in [6.45, 7) is 1.93. The van der Waals surface area contributed by atoms with Crippen molar-refractivity contribution < 1.29 is 23.9 Å². The van der Waals surface area contributed by atoms with Gasteiger partial charge in [-0.15, -0.1) is 11.8 Å². The Labute approximate surface area is 262 Å². The Morgan fingerprint density at radius 1 is 0.814 bits per heavy atom. The van der Waals surface area contributed by atoms with E-state index in [1.54, 1.807) is 91.9 Å². The van der Waals surface area contributed by atoms with Gasteiger partial charge in [-0.25, -0.2) is 0 Å². The maximum absolute atomic E-state index is 13.5. The molecule has 218 valence electrons. The predicted molar refractivity (Wildman–Crippen MR) is 170 cm³/mol. The number of ether oxygens (including phenoxy) is 2. The molecular weight excluding hydrogens is 609 g/mol. The third-order valence-corrected chi connectivity index (χ3v) is 7.98. The molecule has 11 heteroatoms. The Morgan fingerprint density at radius 2 is 1.51 bits per heavy atom. The van der Waals surface area contributed by atoms with E-state index in [-0.39, 0.29) is 18.4 Å². The van der Waals surface area contributed by atoms with Gasteiger partial charge in [0.15, 0.2) is 11.5 Å². The fraction of sp³-hybridized carbons (Fsp3) is 0.0938. The standard InChI is InChI=1S/C32H25Cl2N3O5S/c1-19(30(38)35-22-13-14-28-29(16-22)42-18-41-28)43-23-10-5-9-21(15-23)36-32(40)27(17-24-25(33)11-6-12-26(24)34)37-31(39)20-7-3-2-4-8-20/h2-17,19H,18H2,1H3,(H,35,38)(H,36,40)(H,37,39)/b27-17+. The van der Waals surface area contributed by atoms with Crippen molar-refractivity contribution in [1.82, 2.24) is 5.32 Å². The molecule has 5 rings (SSSR count). The molecule has 4 aromatic carbocycles. The number of nitrogens with one attached hydrogen (secondary N) is 3. The summed E-state index contributed by atoms with van der Waals surface area (Å²) in [5.74, 6) is -0.0600. The average molecular weight is 635 g/mol. The van der Waals surface area contributed by atoms with Crippen LogP contribution in [-0.2, 0) is 9.59 Å². The number of hydrogen-bond acceptors (Lipinski definition) is 6. The van der Waals surface area contributed by atoms with Crippen LogP contribution in [-0.4, -0.2) is 29.8 Å². The zero-order valence-electron chi connectivity index (χ0n) is 22.7. The highest BCUT2D eigenvalue weighted by Gasteiger charge is 2.20. The zero-order valence-corrected chi connectivity index (χ0v) is 25.1. The van der Waals surface area contributed by atoms with Gasteiger partial charge in [0.25, 0.3) is 11.8 Å². The van der Waals surface area contributed by atoms with Crippen LogP contribution in [0.2, 0.25) is 10.0 Å². The van der Waals surface area contributed by atoms with Crippen LogP contribution in [0.4, 0.5) is 11.4 Å². The number of rotatable bonds is 9. The van der Waals surface area contributed by atoms with Crippen molar-refractivity contribution in [3.05, 3.63) is 118 Å². The van der Waals surface area contributed by atoms with E-state index in [9.17, 15) is 14.4 Å². The molecule has 0 radical (unpaired) electrons. The molecule has 1 unspecified atom stereocenters. The molecule has 3 N–H and O–H groups in total. The highest BCUT2D eigenvalue weighted by atomic mass is 35.5. The molecule has 0 fully saturated rings. The van der Waals surface area contributed by atoms with E-state index in [0.717, 1.165) is 4.90 Å². The predicted octanol–water partition coefficient (Wildman–Crippen LogP) is 7.25. The second-order valence-electron chi connectivity index (χ2n) is 9.31. The van der Waals surface area contributed by atoms with Gasteiger partial charge in [0.1, 0.15) is 5.70 Å². The monoisotopic (exact) mass is 633 g/mol. The van der Waals surface area contributed by atoms with Crippen molar-refractivity contribution in [2.24, 2.45) is 0 Å². The lowest BCUT2D eigenvalue weighted by atomic mass is 10.1. The lowest BCUT2D eigenvalue weighted by Gasteiger charge is -2.14. The van der Waals surface area contributed by atoms with E-state index in [1.807, 2.05) is 6.07 Å². The van der Waals surface area contributed by atoms with Crippen LogP contribution in [0.15, 0.2) is 102 Å². The SMILES string of the molecule is CC(Sc1cccc(NC(=O)/C(=C\c2c(Cl)cccc2Cl)NC(=O)c2ccccc2)c1)C(=O)Nc1ccc2c(c1)OCO2. The van der Waals surface area contributed by atoms with Crippen molar-refractivity contribution in [2.75, 3.05) is 17.4 Å². The van der Waals surface area contributed by atoms with Gasteiger partial charge in [-0.2, -0.15) is 0 Å². The average Bonchev–Trinajstić information content (AvgIpc) is 3.47. The summed E-state index contributed by atoms with van der Waals surface area (Å²) in [6, 6.07) is 25.7. The Kier molecular flexibility index (Phi) is 9.56. The molecule has 3 amide bonds. The highest BCUT2D eigenvalue weighted by molar-refractivity contribution is 8.00. The molecule has 0 bridgehead atoms. The number of anilines is 2. The van der Waals surface area contributed by atoms with Crippen molar-refractivity contribution in [2.45, 2.75) is 17.1 Å². The van der Waals surface area contributed by atoms with Crippen LogP contribution in [0.1, 0.15) is 22.8 Å². The largest absolute Gasteiger partial charge is 0.454 e. The van der Waals surface area contributed by atoms with Crippen LogP contribution >= 0.6 is 35.0 Å². The Balaban J connectivity index is 1.30. The number of benzene rings is 4. The molecule has 1 heterocycles. The third kappa shape index (κ3) is 7.70. The summed E-state index contributed by atoms with van der Waals surface area (Å²) in [5, 5.41) is 8.55. The molecule has 0 saturated heterocycles. The highest BCUT2D eigenvalue weighted by Crippen LogP contribution is 2.35. The van der Waals surface area contributed by atoms with E-state index in [1.165, 1.54) is 17.8 Å². The molecule has 1 aliphatic heterocycles. The zero-order chi connectivity index (χ0) is 30.3. The summed E-state index contributed by atoms with van der Waals surface area (Å²) < 4.78 is 10.7. The molecule has 0 aliphatic carbocycles. The Hall–Kier alpha value is -4.44. The number of amides is 3. The number of hydrogen-bond donors (Lipinski definition) is 3. The maximum atomic E-state index is 13.5. The number of thioether (sulfide) groups is 1. The molecule has 0 aromatic heterocycles. The summed E-state index contributed by atoms with van der Waals surface area (Å²) in [7, 11) is 0. The quantitative estimate of drug-likeness (QED) is 0.132. The van der Waals surface area contributed by atoms with Gasteiger partial charge in [0.05, 0.1) is 5.25 Å². The fourth-order valence-electron chi connectivity index (χ4n) is 4.06. The molecule has 0 spiro atoms. The first-order valence-electron chi connectivity index (χ1n) is 13.1. The minimum atomic E-state index is -0.587. The molecule has 43 heavy (non-hydrogen) atoms. The summed E-state index contributed by atoms with van der Waals surface area (Å²) >= 11 is 14.0. The van der Waals surface area contributed by atoms with Crippen LogP contribution in [0.25, 0.3) is 6.08 Å². The van der Waals surface area contributed by atoms with Gasteiger partial charge in [-0.05, 0) is 67.6 Å². The van der Waals surface area contributed by atoms with Gasteiger partial charge >= 0.3 is 0 Å². The summed E-state index contributed by atoms with van der Waals surface area (Å²) in [5.41, 5.74) is 1.76. The lowest BCUT2D eigenvalue weighted by molar-refractivity contribution is -0.115. The number of carbonyl (C=O) groups excluding carboxylic acids is 3. The van der Waals surface area contributed by atoms with Gasteiger partial charge in [0.2, 0.25) is 12.7 Å². The van der Waals surface area contributed by atoms with Crippen molar-refractivity contribution in [3.63, 3.8) is 0 Å². The van der Waals surface area contributed by atoms with Crippen molar-refractivity contribution >= 4 is 70.1 Å². The van der Waals surface area contributed by atoms with Gasteiger partial charge < -0.3 is 25.4 Å². The smallest absolute Gasteiger partial charge is 0.272 e. The van der Waals surface area contributed by atoms with Crippen LogP contribution in [0.3, 0.4) is 0 Å². The van der Waals surface area contributed by atoms with Gasteiger partial charge in [-0.1, -0.05) is 53.5 Å². The van der Waals surface area contributed by atoms with E-state index >= 15 is 0 Å². The minimum absolute atomic E-state index is 0.0571. The second-order valence-corrected chi connectivity index (χ2v) is 11.5. The van der Waals surface area contributed by atoms with Crippen LogP contribution in [0.5, 0.6) is 11.5 Å². The first-order chi connectivity index (χ1) is 20.8. The molecular formula is C32H25Cl2N3O5S. The molecule has 8 nitrogen and oxygen atoms in total. The minimum Gasteiger partial charge on any atom is -0.454 e. The third-order valence-electron chi connectivity index (χ3n) is 6.23. The van der Waals surface area contributed by atoms with E-state index in [2.05, 4.69) is 16.0 Å². The van der Waals surface area contributed by atoms with Crippen LogP contribution in [0, 0.1) is 0 Å². The summed E-state index contributed by atoms with van der Waals surface area (Å²) in [6.07, 6.45) is 1.43. The molecule has 0 saturated carbocycles. The maximum Gasteiger partial charge on any atom is 0.272 e. The van der Waals surface area contributed by atoms with Gasteiger partial charge in [-0.3, -0.25) is 14.4 Å². The number of halogens is 2. The topological polar surface area (TPSA) is 106 Å². The Bertz CT molecular complexity index is 1690.